The quantitative estimate of drug-likeness (QED) is 0.161. The molecule has 21 aromatic rings. The van der Waals surface area contributed by atoms with Gasteiger partial charge in [0.15, 0.2) is 0 Å². The molecule has 3 nitrogen and oxygen atoms in total. The summed E-state index contributed by atoms with van der Waals surface area (Å²) in [5.74, 6) is 0. The minimum absolute atomic E-state index is 1.18. The van der Waals surface area contributed by atoms with Crippen LogP contribution in [0.4, 0.5) is 0 Å². The van der Waals surface area contributed by atoms with Crippen molar-refractivity contribution in [3.8, 4) is 61.3 Å². The Morgan fingerprint density at radius 1 is 0.200 bits per heavy atom. The first-order chi connectivity index (χ1) is 49.5. The second-order valence-electron chi connectivity index (χ2n) is 26.4. The number of para-hydroxylation sites is 4. The molecule has 0 atom stereocenters. The maximum atomic E-state index is 3.52. The fourth-order valence-electron chi connectivity index (χ4n) is 15.9. The number of aryl methyl sites for hydroxylation is 1. The Hall–Kier alpha value is -13.1. The third-order valence-corrected chi connectivity index (χ3v) is 20.7. The molecule has 0 aliphatic heterocycles. The first kappa shape index (κ1) is 58.3. The fourth-order valence-corrected chi connectivity index (χ4v) is 15.9. The van der Waals surface area contributed by atoms with E-state index in [9.17, 15) is 0 Å². The van der Waals surface area contributed by atoms with Crippen molar-refractivity contribution in [1.82, 2.24) is 14.1 Å². The zero-order valence-corrected chi connectivity index (χ0v) is 55.1. The molecule has 3 aromatic heterocycles. The van der Waals surface area contributed by atoms with Gasteiger partial charge < -0.3 is 14.1 Å². The van der Waals surface area contributed by atoms with Gasteiger partial charge in [-0.25, -0.2) is 0 Å². The maximum absolute atomic E-state index is 3.52. The summed E-state index contributed by atoms with van der Waals surface area (Å²) in [6.45, 7) is 0. The van der Waals surface area contributed by atoms with Crippen LogP contribution >= 0.6 is 0 Å². The highest BCUT2D eigenvalue weighted by Crippen LogP contribution is 2.42. The van der Waals surface area contributed by atoms with Crippen LogP contribution in [-0.2, 0) is 7.05 Å². The van der Waals surface area contributed by atoms with E-state index in [1.54, 1.807) is 0 Å². The highest BCUT2D eigenvalue weighted by atomic mass is 15.0. The Labute approximate surface area is 578 Å². The molecule has 3 heteroatoms. The van der Waals surface area contributed by atoms with Gasteiger partial charge in [0.05, 0.1) is 11.0 Å². The molecular formula is C97H65N3. The SMILES string of the molecule is Cn1c2ccccc2c2cc(-c3ccc(-c4c5ccccc5cc5ccccc45)cc3)ccc21.c1ccc2c(-c3ccc(-c4ccc5[nH]c6ccccc6c5c4)cc3)c3ccccc3cc2c1.c1ccc2cc3c(-c4ccc(-n5c6ccccc6c6ccccc65)cc4)cccc3cc2c1. The fraction of sp³-hybridized carbons (Fsp3) is 0.0103. The smallest absolute Gasteiger partial charge is 0.0541 e. The molecule has 0 bridgehead atoms. The largest absolute Gasteiger partial charge is 0.355 e. The molecule has 0 spiro atoms. The standard InChI is InChI=1S/C33H23N.2C32H21N/c1-34-31-13-7-6-12-29(31)30-21-24(18-19-32(30)34)22-14-16-23(17-15-22)33-27-10-4-2-8-25(27)20-26-9-3-5-11-28(26)33;1-3-9-26-24(7-1)19-25-8-2-4-10-27(25)32(26)22-15-13-21(14-16-22)23-17-18-31-29(20-23)28-11-5-6-12-30(28)33-31;1-2-9-24-21-30-25(20-23(24)8-1)10-7-13-27(30)22-16-18-26(19-17-22)33-31-14-5-3-11-28(31)29-12-4-6-15-32(29)33/h2-21H,1H3;1-20,33H;1-21H. The van der Waals surface area contributed by atoms with E-state index in [1.807, 2.05) is 0 Å². The summed E-state index contributed by atoms with van der Waals surface area (Å²) in [5.41, 5.74) is 21.1. The summed E-state index contributed by atoms with van der Waals surface area (Å²) in [6, 6.07) is 134. The molecule has 0 saturated carbocycles. The number of nitrogens with zero attached hydrogens (tertiary/aromatic N) is 2. The number of nitrogens with one attached hydrogen (secondary N) is 1. The van der Waals surface area contributed by atoms with Gasteiger partial charge in [0.25, 0.3) is 0 Å². The molecule has 0 aliphatic rings. The van der Waals surface area contributed by atoms with Crippen LogP contribution < -0.4 is 0 Å². The molecule has 0 unspecified atom stereocenters. The lowest BCUT2D eigenvalue weighted by atomic mass is 9.91. The Morgan fingerprint density at radius 3 is 1.09 bits per heavy atom. The Balaban J connectivity index is 0.000000104. The normalized spacial score (nSPS) is 11.7. The van der Waals surface area contributed by atoms with E-state index in [-0.39, 0.29) is 0 Å². The number of hydrogen-bond acceptors (Lipinski definition) is 0. The molecular weight excluding hydrogens is 1210 g/mol. The summed E-state index contributed by atoms with van der Waals surface area (Å²) >= 11 is 0. The van der Waals surface area contributed by atoms with Crippen LogP contribution in [0.2, 0.25) is 0 Å². The van der Waals surface area contributed by atoms with E-state index in [1.165, 1.54) is 191 Å². The number of hydrogen-bond donors (Lipinski definition) is 1. The first-order valence-corrected chi connectivity index (χ1v) is 34.5. The monoisotopic (exact) mass is 1270 g/mol. The minimum atomic E-state index is 1.18. The third-order valence-electron chi connectivity index (χ3n) is 20.7. The second kappa shape index (κ2) is 24.2. The van der Waals surface area contributed by atoms with Gasteiger partial charge in [0, 0.05) is 67.1 Å². The number of benzene rings is 18. The van der Waals surface area contributed by atoms with E-state index in [2.05, 4.69) is 391 Å². The van der Waals surface area contributed by atoms with Gasteiger partial charge in [-0.3, -0.25) is 0 Å². The Morgan fingerprint density at radius 2 is 0.550 bits per heavy atom. The highest BCUT2D eigenvalue weighted by molar-refractivity contribution is 6.16. The van der Waals surface area contributed by atoms with Gasteiger partial charge in [0.2, 0.25) is 0 Å². The van der Waals surface area contributed by atoms with Crippen molar-refractivity contribution in [2.45, 2.75) is 0 Å². The number of aromatic nitrogens is 3. The van der Waals surface area contributed by atoms with Crippen LogP contribution in [0.5, 0.6) is 0 Å². The van der Waals surface area contributed by atoms with Crippen molar-refractivity contribution >= 4 is 130 Å². The minimum Gasteiger partial charge on any atom is -0.355 e. The molecule has 1 N–H and O–H groups in total. The summed E-state index contributed by atoms with van der Waals surface area (Å²) in [4.78, 5) is 3.52. The van der Waals surface area contributed by atoms with E-state index in [0.29, 0.717) is 0 Å². The molecule has 0 radical (unpaired) electrons. The van der Waals surface area contributed by atoms with Crippen molar-refractivity contribution in [2.24, 2.45) is 7.05 Å². The van der Waals surface area contributed by atoms with Crippen LogP contribution in [0.1, 0.15) is 0 Å². The highest BCUT2D eigenvalue weighted by Gasteiger charge is 2.17. The molecule has 0 fully saturated rings. The lowest BCUT2D eigenvalue weighted by Gasteiger charge is -2.13. The van der Waals surface area contributed by atoms with Crippen LogP contribution in [0, 0.1) is 0 Å². The predicted molar refractivity (Wildman–Crippen MR) is 429 cm³/mol. The molecule has 3 heterocycles. The lowest BCUT2D eigenvalue weighted by Crippen LogP contribution is -1.93. The third kappa shape index (κ3) is 10.1. The zero-order valence-electron chi connectivity index (χ0n) is 55.1. The van der Waals surface area contributed by atoms with E-state index in [4.69, 9.17) is 0 Å². The molecule has 0 saturated heterocycles. The van der Waals surface area contributed by atoms with Crippen molar-refractivity contribution in [2.75, 3.05) is 0 Å². The Bertz CT molecular complexity index is 6600. The molecule has 468 valence electrons. The van der Waals surface area contributed by atoms with Crippen molar-refractivity contribution in [1.29, 1.82) is 0 Å². The summed E-state index contributed by atoms with van der Waals surface area (Å²) in [6.07, 6.45) is 0. The summed E-state index contributed by atoms with van der Waals surface area (Å²) in [7, 11) is 2.15. The first-order valence-electron chi connectivity index (χ1n) is 34.5. The average molecular weight is 1270 g/mol. The van der Waals surface area contributed by atoms with E-state index < -0.39 is 0 Å². The van der Waals surface area contributed by atoms with E-state index >= 15 is 0 Å². The summed E-state index contributed by atoms with van der Waals surface area (Å²) in [5, 5.41) is 23.2. The number of aromatic amines is 1. The second-order valence-corrected chi connectivity index (χ2v) is 26.4. The van der Waals surface area contributed by atoms with E-state index in [0.717, 1.165) is 0 Å². The van der Waals surface area contributed by atoms with Gasteiger partial charge in [-0.2, -0.15) is 0 Å². The molecule has 100 heavy (non-hydrogen) atoms. The molecule has 18 aromatic carbocycles. The summed E-state index contributed by atoms with van der Waals surface area (Å²) < 4.78 is 4.65. The zero-order chi connectivity index (χ0) is 66.2. The van der Waals surface area contributed by atoms with Gasteiger partial charge in [-0.15, -0.1) is 0 Å². The number of H-pyrrole nitrogens is 1. The molecule has 0 amide bonds. The number of fused-ring (bicyclic) bond motifs is 15. The number of rotatable bonds is 6. The van der Waals surface area contributed by atoms with Crippen LogP contribution in [0.25, 0.3) is 191 Å². The van der Waals surface area contributed by atoms with Crippen LogP contribution in [0.15, 0.2) is 370 Å². The van der Waals surface area contributed by atoms with Crippen molar-refractivity contribution in [3.05, 3.63) is 370 Å². The van der Waals surface area contributed by atoms with Crippen molar-refractivity contribution in [3.63, 3.8) is 0 Å². The van der Waals surface area contributed by atoms with Crippen LogP contribution in [0.3, 0.4) is 0 Å². The molecule has 21 rings (SSSR count). The molecule has 0 aliphatic carbocycles. The predicted octanol–water partition coefficient (Wildman–Crippen LogP) is 26.7. The van der Waals surface area contributed by atoms with Gasteiger partial charge in [-0.1, -0.05) is 285 Å². The van der Waals surface area contributed by atoms with Gasteiger partial charge in [-0.05, 0) is 205 Å². The van der Waals surface area contributed by atoms with Gasteiger partial charge in [0.1, 0.15) is 0 Å². The topological polar surface area (TPSA) is 25.6 Å². The lowest BCUT2D eigenvalue weighted by molar-refractivity contribution is 1.01. The van der Waals surface area contributed by atoms with Gasteiger partial charge >= 0.3 is 0 Å². The van der Waals surface area contributed by atoms with Crippen molar-refractivity contribution < 1.29 is 0 Å². The Kier molecular flexibility index (Phi) is 14.1. The van der Waals surface area contributed by atoms with Crippen LogP contribution in [-0.4, -0.2) is 14.1 Å². The maximum Gasteiger partial charge on any atom is 0.0541 e. The average Bonchev–Trinajstić information content (AvgIpc) is 1.16.